The summed E-state index contributed by atoms with van der Waals surface area (Å²) in [5.41, 5.74) is 2.61. The number of pyridine rings is 1. The summed E-state index contributed by atoms with van der Waals surface area (Å²) in [4.78, 5) is 6.75. The number of rotatable bonds is 7. The molecule has 0 amide bonds. The number of hydrogen-bond donors (Lipinski definition) is 0. The lowest BCUT2D eigenvalue weighted by Crippen LogP contribution is -2.33. The maximum atomic E-state index is 5.37. The molecule has 0 spiro atoms. The van der Waals surface area contributed by atoms with Gasteiger partial charge in [0, 0.05) is 25.0 Å². The molecule has 3 rings (SSSR count). The number of benzene rings is 1. The number of likely N-dealkylation sites (tertiary alicyclic amines) is 1. The van der Waals surface area contributed by atoms with E-state index in [-0.39, 0.29) is 0 Å². The van der Waals surface area contributed by atoms with Crippen LogP contribution in [0.15, 0.2) is 42.7 Å². The summed E-state index contributed by atoms with van der Waals surface area (Å²) in [5.74, 6) is 2.56. The van der Waals surface area contributed by atoms with Gasteiger partial charge in [0.15, 0.2) is 0 Å². The van der Waals surface area contributed by atoms with Crippen molar-refractivity contribution in [2.24, 2.45) is 5.92 Å². The van der Waals surface area contributed by atoms with Gasteiger partial charge in [-0.25, -0.2) is 0 Å². The number of aromatic nitrogens is 1. The van der Waals surface area contributed by atoms with Crippen LogP contribution in [0.5, 0.6) is 11.5 Å². The molecule has 1 aliphatic heterocycles. The van der Waals surface area contributed by atoms with Crippen molar-refractivity contribution in [3.8, 4) is 11.5 Å². The van der Waals surface area contributed by atoms with Crippen LogP contribution in [0.1, 0.15) is 30.4 Å². The van der Waals surface area contributed by atoms with Gasteiger partial charge >= 0.3 is 0 Å². The molecule has 1 fully saturated rings. The van der Waals surface area contributed by atoms with Crippen molar-refractivity contribution < 1.29 is 9.47 Å². The molecule has 25 heavy (non-hydrogen) atoms. The third kappa shape index (κ3) is 5.20. The molecular formula is C21H28N2O2. The molecule has 0 aliphatic carbocycles. The SMILES string of the molecule is COc1cc(CCC2CCN(Cc3cccnc3)CC2)cc(OC)c1. The molecule has 0 radical (unpaired) electrons. The number of nitrogens with zero attached hydrogens (tertiary/aromatic N) is 2. The van der Waals surface area contributed by atoms with Crippen LogP contribution < -0.4 is 9.47 Å². The number of methoxy groups -OCH3 is 2. The quantitative estimate of drug-likeness (QED) is 0.764. The van der Waals surface area contributed by atoms with E-state index in [1.807, 2.05) is 24.5 Å². The van der Waals surface area contributed by atoms with Gasteiger partial charge in [-0.15, -0.1) is 0 Å². The average Bonchev–Trinajstić information content (AvgIpc) is 2.68. The first-order chi connectivity index (χ1) is 12.3. The van der Waals surface area contributed by atoms with Gasteiger partial charge in [0.25, 0.3) is 0 Å². The second-order valence-corrected chi connectivity index (χ2v) is 6.84. The van der Waals surface area contributed by atoms with Crippen molar-refractivity contribution in [3.05, 3.63) is 53.9 Å². The van der Waals surface area contributed by atoms with Gasteiger partial charge in [-0.1, -0.05) is 6.07 Å². The number of piperidine rings is 1. The lowest BCUT2D eigenvalue weighted by molar-refractivity contribution is 0.172. The van der Waals surface area contributed by atoms with Crippen molar-refractivity contribution in [2.75, 3.05) is 27.3 Å². The van der Waals surface area contributed by atoms with Crippen molar-refractivity contribution in [1.82, 2.24) is 9.88 Å². The van der Waals surface area contributed by atoms with E-state index in [0.717, 1.165) is 30.4 Å². The summed E-state index contributed by atoms with van der Waals surface area (Å²) in [7, 11) is 3.41. The molecule has 0 atom stereocenters. The predicted octanol–water partition coefficient (Wildman–Crippen LogP) is 3.94. The molecule has 0 unspecified atom stereocenters. The van der Waals surface area contributed by atoms with E-state index in [1.165, 1.54) is 43.5 Å². The van der Waals surface area contributed by atoms with E-state index in [1.54, 1.807) is 14.2 Å². The topological polar surface area (TPSA) is 34.6 Å². The molecule has 0 bridgehead atoms. The Kier molecular flexibility index (Phi) is 6.29. The fraction of sp³-hybridized carbons (Fsp3) is 0.476. The van der Waals surface area contributed by atoms with Crippen LogP contribution in [0.4, 0.5) is 0 Å². The minimum Gasteiger partial charge on any atom is -0.497 e. The lowest BCUT2D eigenvalue weighted by atomic mass is 9.90. The highest BCUT2D eigenvalue weighted by atomic mass is 16.5. The van der Waals surface area contributed by atoms with Crippen LogP contribution in [-0.2, 0) is 13.0 Å². The van der Waals surface area contributed by atoms with Gasteiger partial charge < -0.3 is 9.47 Å². The van der Waals surface area contributed by atoms with E-state index in [9.17, 15) is 0 Å². The minimum atomic E-state index is 0.808. The summed E-state index contributed by atoms with van der Waals surface area (Å²) < 4.78 is 10.7. The standard InChI is InChI=1S/C21H28N2O2/c1-24-20-12-18(13-21(14-20)25-2)6-5-17-7-10-23(11-8-17)16-19-4-3-9-22-15-19/h3-4,9,12-15,17H,5-8,10-11,16H2,1-2H3. The molecule has 1 aromatic heterocycles. The van der Waals surface area contributed by atoms with Crippen LogP contribution in [0, 0.1) is 5.92 Å². The smallest absolute Gasteiger partial charge is 0.122 e. The molecule has 4 heteroatoms. The fourth-order valence-electron chi connectivity index (χ4n) is 3.56. The summed E-state index contributed by atoms with van der Waals surface area (Å²) in [6, 6.07) is 10.4. The third-order valence-electron chi connectivity index (χ3n) is 5.09. The van der Waals surface area contributed by atoms with E-state index in [4.69, 9.17) is 9.47 Å². The molecule has 1 aliphatic rings. The first kappa shape index (κ1) is 17.7. The van der Waals surface area contributed by atoms with Gasteiger partial charge in [0.1, 0.15) is 11.5 Å². The molecule has 0 saturated carbocycles. The van der Waals surface area contributed by atoms with Gasteiger partial charge in [0.05, 0.1) is 14.2 Å². The maximum absolute atomic E-state index is 5.37. The van der Waals surface area contributed by atoms with Crippen LogP contribution in [-0.4, -0.2) is 37.2 Å². The number of aryl methyl sites for hydroxylation is 1. The molecule has 2 aromatic rings. The Hall–Kier alpha value is -2.07. The van der Waals surface area contributed by atoms with Gasteiger partial charge in [0.2, 0.25) is 0 Å². The highest BCUT2D eigenvalue weighted by molar-refractivity contribution is 5.38. The second kappa shape index (κ2) is 8.86. The Morgan fingerprint density at radius 1 is 1.04 bits per heavy atom. The van der Waals surface area contributed by atoms with Crippen LogP contribution in [0.3, 0.4) is 0 Å². The zero-order valence-corrected chi connectivity index (χ0v) is 15.3. The van der Waals surface area contributed by atoms with Crippen LogP contribution in [0.2, 0.25) is 0 Å². The van der Waals surface area contributed by atoms with Gasteiger partial charge in [-0.3, -0.25) is 9.88 Å². The molecule has 134 valence electrons. The Labute approximate surface area is 150 Å². The van der Waals surface area contributed by atoms with E-state index in [0.29, 0.717) is 0 Å². The predicted molar refractivity (Wildman–Crippen MR) is 100 cm³/mol. The first-order valence-electron chi connectivity index (χ1n) is 9.10. The van der Waals surface area contributed by atoms with E-state index < -0.39 is 0 Å². The minimum absolute atomic E-state index is 0.808. The maximum Gasteiger partial charge on any atom is 0.122 e. The van der Waals surface area contributed by atoms with Gasteiger partial charge in [-0.2, -0.15) is 0 Å². The zero-order valence-electron chi connectivity index (χ0n) is 15.3. The highest BCUT2D eigenvalue weighted by Gasteiger charge is 2.19. The molecular weight excluding hydrogens is 312 g/mol. The Morgan fingerprint density at radius 3 is 2.36 bits per heavy atom. The monoisotopic (exact) mass is 340 g/mol. The summed E-state index contributed by atoms with van der Waals surface area (Å²) in [6.07, 6.45) is 8.69. The summed E-state index contributed by atoms with van der Waals surface area (Å²) in [6.45, 7) is 3.38. The van der Waals surface area contributed by atoms with Gasteiger partial charge in [-0.05, 0) is 74.0 Å². The molecule has 1 saturated heterocycles. The van der Waals surface area contributed by atoms with Crippen LogP contribution in [0.25, 0.3) is 0 Å². The van der Waals surface area contributed by atoms with Crippen molar-refractivity contribution in [2.45, 2.75) is 32.2 Å². The Bertz CT molecular complexity index is 630. The largest absolute Gasteiger partial charge is 0.497 e. The lowest BCUT2D eigenvalue weighted by Gasteiger charge is -2.32. The fourth-order valence-corrected chi connectivity index (χ4v) is 3.56. The van der Waals surface area contributed by atoms with E-state index in [2.05, 4.69) is 28.1 Å². The molecule has 4 nitrogen and oxygen atoms in total. The van der Waals surface area contributed by atoms with Crippen LogP contribution >= 0.6 is 0 Å². The number of hydrogen-bond acceptors (Lipinski definition) is 4. The van der Waals surface area contributed by atoms with Crippen molar-refractivity contribution in [3.63, 3.8) is 0 Å². The second-order valence-electron chi connectivity index (χ2n) is 6.84. The number of ether oxygens (including phenoxy) is 2. The molecule has 1 aromatic carbocycles. The van der Waals surface area contributed by atoms with Crippen molar-refractivity contribution in [1.29, 1.82) is 0 Å². The van der Waals surface area contributed by atoms with Crippen molar-refractivity contribution >= 4 is 0 Å². The summed E-state index contributed by atoms with van der Waals surface area (Å²) >= 11 is 0. The molecule has 2 heterocycles. The van der Waals surface area contributed by atoms with E-state index >= 15 is 0 Å². The zero-order chi connectivity index (χ0) is 17.5. The first-order valence-corrected chi connectivity index (χ1v) is 9.10. The Morgan fingerprint density at radius 2 is 1.76 bits per heavy atom. The third-order valence-corrected chi connectivity index (χ3v) is 5.09. The summed E-state index contributed by atoms with van der Waals surface area (Å²) in [5, 5.41) is 0. The average molecular weight is 340 g/mol. The normalized spacial score (nSPS) is 15.9. The highest BCUT2D eigenvalue weighted by Crippen LogP contribution is 2.27. The molecule has 0 N–H and O–H groups in total. The Balaban J connectivity index is 1.46.